The number of benzene rings is 3. The highest BCUT2D eigenvalue weighted by Gasteiger charge is 2.36. The van der Waals surface area contributed by atoms with E-state index in [0.29, 0.717) is 22.7 Å². The van der Waals surface area contributed by atoms with Crippen LogP contribution in [-0.4, -0.2) is 35.6 Å². The number of nitrogens with one attached hydrogen (secondary N) is 1. The van der Waals surface area contributed by atoms with Gasteiger partial charge in [-0.1, -0.05) is 18.2 Å². The lowest BCUT2D eigenvalue weighted by Gasteiger charge is -2.12. The van der Waals surface area contributed by atoms with Crippen molar-refractivity contribution in [3.63, 3.8) is 0 Å². The highest BCUT2D eigenvalue weighted by Crippen LogP contribution is 2.33. The van der Waals surface area contributed by atoms with Crippen molar-refractivity contribution in [3.05, 3.63) is 92.1 Å². The maximum absolute atomic E-state index is 13.1. The van der Waals surface area contributed by atoms with Crippen LogP contribution in [0.3, 0.4) is 0 Å². The fraction of sp³-hybridized carbons (Fsp3) is 0.115. The molecular weight excluding hydrogens is 598 g/mol. The fourth-order valence-corrected chi connectivity index (χ4v) is 4.81. The number of nitrogens with zero attached hydrogens (tertiary/aromatic N) is 1. The van der Waals surface area contributed by atoms with E-state index >= 15 is 0 Å². The van der Waals surface area contributed by atoms with Crippen molar-refractivity contribution < 1.29 is 28.2 Å². The molecule has 0 radical (unpaired) electrons. The number of rotatable bonds is 8. The van der Waals surface area contributed by atoms with Crippen molar-refractivity contribution in [2.75, 3.05) is 19.0 Å². The predicted molar refractivity (Wildman–Crippen MR) is 144 cm³/mol. The number of ether oxygens (including phenoxy) is 2. The first kappa shape index (κ1) is 25.7. The molecule has 0 unspecified atom stereocenters. The SMILES string of the molecule is COc1ccc(NC(=O)CN2C(=O)S/C(=C/c3ccc(OCc4ccc(F)cc4)c(I)c3)C2=O)cc1. The van der Waals surface area contributed by atoms with Crippen LogP contribution in [-0.2, 0) is 16.2 Å². The van der Waals surface area contributed by atoms with E-state index < -0.39 is 17.1 Å². The van der Waals surface area contributed by atoms with Gasteiger partial charge in [0.2, 0.25) is 5.91 Å². The molecule has 3 aromatic rings. The molecule has 3 amide bonds. The molecule has 1 heterocycles. The number of hydrogen-bond donors (Lipinski definition) is 1. The number of methoxy groups -OCH3 is 1. The van der Waals surface area contributed by atoms with Crippen molar-refractivity contribution in [1.82, 2.24) is 4.90 Å². The lowest BCUT2D eigenvalue weighted by Crippen LogP contribution is -2.36. The molecule has 0 aliphatic carbocycles. The zero-order valence-corrected chi connectivity index (χ0v) is 22.0. The Morgan fingerprint density at radius 3 is 2.47 bits per heavy atom. The Bertz CT molecular complexity index is 1330. The molecule has 1 aliphatic rings. The monoisotopic (exact) mass is 618 g/mol. The average Bonchev–Trinajstić information content (AvgIpc) is 3.12. The zero-order valence-electron chi connectivity index (χ0n) is 19.0. The number of hydrogen-bond acceptors (Lipinski definition) is 6. The van der Waals surface area contributed by atoms with Crippen LogP contribution in [0.2, 0.25) is 0 Å². The largest absolute Gasteiger partial charge is 0.497 e. The van der Waals surface area contributed by atoms with Crippen LogP contribution in [0.5, 0.6) is 11.5 Å². The minimum atomic E-state index is -0.526. The molecule has 0 atom stereocenters. The Hall–Kier alpha value is -3.38. The second kappa shape index (κ2) is 11.6. The highest BCUT2D eigenvalue weighted by molar-refractivity contribution is 14.1. The van der Waals surface area contributed by atoms with E-state index in [0.717, 1.165) is 25.8 Å². The Morgan fingerprint density at radius 2 is 1.81 bits per heavy atom. The number of imide groups is 1. The number of amides is 3. The lowest BCUT2D eigenvalue weighted by atomic mass is 10.2. The molecule has 1 fully saturated rings. The molecule has 0 aromatic heterocycles. The molecule has 36 heavy (non-hydrogen) atoms. The molecule has 0 spiro atoms. The Labute approximate surface area is 224 Å². The minimum Gasteiger partial charge on any atom is -0.497 e. The first-order chi connectivity index (χ1) is 17.3. The van der Waals surface area contributed by atoms with Gasteiger partial charge in [0, 0.05) is 5.69 Å². The van der Waals surface area contributed by atoms with E-state index in [1.54, 1.807) is 61.7 Å². The number of carbonyl (C=O) groups is 3. The number of anilines is 1. The van der Waals surface area contributed by atoms with Crippen LogP contribution in [0.4, 0.5) is 14.9 Å². The van der Waals surface area contributed by atoms with E-state index in [1.807, 2.05) is 6.07 Å². The van der Waals surface area contributed by atoms with Crippen LogP contribution >= 0.6 is 34.4 Å². The molecule has 0 bridgehead atoms. The van der Waals surface area contributed by atoms with Crippen LogP contribution in [0.25, 0.3) is 6.08 Å². The van der Waals surface area contributed by atoms with Crippen LogP contribution in [0.1, 0.15) is 11.1 Å². The van der Waals surface area contributed by atoms with Crippen molar-refractivity contribution in [2.45, 2.75) is 6.61 Å². The van der Waals surface area contributed by atoms with Crippen LogP contribution in [0, 0.1) is 9.39 Å². The van der Waals surface area contributed by atoms with E-state index in [1.165, 1.54) is 12.1 Å². The van der Waals surface area contributed by atoms with E-state index in [9.17, 15) is 18.8 Å². The highest BCUT2D eigenvalue weighted by atomic mass is 127. The summed E-state index contributed by atoms with van der Waals surface area (Å²) < 4.78 is 24.8. The van der Waals surface area contributed by atoms with Gasteiger partial charge in [-0.15, -0.1) is 0 Å². The van der Waals surface area contributed by atoms with Crippen molar-refractivity contribution in [2.24, 2.45) is 0 Å². The Morgan fingerprint density at radius 1 is 1.08 bits per heavy atom. The standard InChI is InChI=1S/C26H20FIN2O5S/c1-34-20-9-7-19(8-10-20)29-24(31)14-30-25(32)23(36-26(30)33)13-17-4-11-22(21(28)12-17)35-15-16-2-5-18(27)6-3-16/h2-13H,14-15H2,1H3,(H,29,31)/b23-13+. The minimum absolute atomic E-state index is 0.230. The van der Waals surface area contributed by atoms with Gasteiger partial charge in [0.15, 0.2) is 0 Å². The first-order valence-electron chi connectivity index (χ1n) is 10.7. The lowest BCUT2D eigenvalue weighted by molar-refractivity contribution is -0.127. The molecule has 1 N–H and O–H groups in total. The molecule has 1 saturated heterocycles. The summed E-state index contributed by atoms with van der Waals surface area (Å²) in [4.78, 5) is 38.7. The topological polar surface area (TPSA) is 84.9 Å². The third-order valence-corrected chi connectivity index (χ3v) is 6.86. The summed E-state index contributed by atoms with van der Waals surface area (Å²) in [5.74, 6) is -0.0333. The van der Waals surface area contributed by atoms with E-state index in [2.05, 4.69) is 27.9 Å². The summed E-state index contributed by atoms with van der Waals surface area (Å²) in [5, 5.41) is 2.15. The van der Waals surface area contributed by atoms with Gasteiger partial charge in [-0.3, -0.25) is 19.3 Å². The van der Waals surface area contributed by atoms with Gasteiger partial charge in [0.25, 0.3) is 11.1 Å². The van der Waals surface area contributed by atoms with Gasteiger partial charge in [0.1, 0.15) is 30.5 Å². The third-order valence-electron chi connectivity index (χ3n) is 5.11. The van der Waals surface area contributed by atoms with Gasteiger partial charge in [-0.05, 0) is 100 Å². The summed E-state index contributed by atoms with van der Waals surface area (Å²) in [5.41, 5.74) is 2.07. The summed E-state index contributed by atoms with van der Waals surface area (Å²) in [6.45, 7) is -0.102. The Balaban J connectivity index is 1.38. The van der Waals surface area contributed by atoms with Gasteiger partial charge in [0.05, 0.1) is 15.6 Å². The predicted octanol–water partition coefficient (Wildman–Crippen LogP) is 5.69. The van der Waals surface area contributed by atoms with Gasteiger partial charge >= 0.3 is 0 Å². The van der Waals surface area contributed by atoms with Crippen LogP contribution in [0.15, 0.2) is 71.6 Å². The summed E-state index contributed by atoms with van der Waals surface area (Å²) in [7, 11) is 1.54. The number of halogens is 2. The first-order valence-corrected chi connectivity index (χ1v) is 12.6. The molecular formula is C26H20FIN2O5S. The molecule has 4 rings (SSSR count). The smallest absolute Gasteiger partial charge is 0.294 e. The van der Waals surface area contributed by atoms with Crippen molar-refractivity contribution in [1.29, 1.82) is 0 Å². The molecule has 3 aromatic carbocycles. The Kier molecular flexibility index (Phi) is 8.26. The third kappa shape index (κ3) is 6.43. The second-order valence-corrected chi connectivity index (χ2v) is 9.80. The normalized spacial score (nSPS) is 14.3. The molecule has 1 aliphatic heterocycles. The summed E-state index contributed by atoms with van der Waals surface area (Å²) in [6, 6.07) is 18.1. The van der Waals surface area contributed by atoms with E-state index in [4.69, 9.17) is 9.47 Å². The molecule has 0 saturated carbocycles. The van der Waals surface area contributed by atoms with Crippen LogP contribution < -0.4 is 14.8 Å². The molecule has 184 valence electrons. The maximum Gasteiger partial charge on any atom is 0.294 e. The summed E-state index contributed by atoms with van der Waals surface area (Å²) >= 11 is 2.91. The quantitative estimate of drug-likeness (QED) is 0.258. The van der Waals surface area contributed by atoms with Gasteiger partial charge in [-0.25, -0.2) is 4.39 Å². The number of carbonyl (C=O) groups excluding carboxylic acids is 3. The summed E-state index contributed by atoms with van der Waals surface area (Å²) in [6.07, 6.45) is 1.61. The molecule has 10 heteroatoms. The van der Waals surface area contributed by atoms with Gasteiger partial charge in [-0.2, -0.15) is 0 Å². The fourth-order valence-electron chi connectivity index (χ4n) is 3.27. The van der Waals surface area contributed by atoms with Crippen molar-refractivity contribution in [3.8, 4) is 11.5 Å². The number of thioether (sulfide) groups is 1. The van der Waals surface area contributed by atoms with Gasteiger partial charge < -0.3 is 14.8 Å². The maximum atomic E-state index is 13.1. The second-order valence-electron chi connectivity index (χ2n) is 7.65. The molecule has 7 nitrogen and oxygen atoms in total. The average molecular weight is 618 g/mol. The van der Waals surface area contributed by atoms with E-state index in [-0.39, 0.29) is 23.9 Å². The zero-order chi connectivity index (χ0) is 25.7. The van der Waals surface area contributed by atoms with Crippen molar-refractivity contribution >= 4 is 63.2 Å².